The second-order valence-corrected chi connectivity index (χ2v) is 2.66. The molecular weight excluding hydrogens is 155 g/mol. The maximum absolute atomic E-state index is 12.6. The molecule has 0 aromatic heterocycles. The Balaban J connectivity index is 2.63. The average molecular weight is 166 g/mol. The van der Waals surface area contributed by atoms with Gasteiger partial charge in [-0.1, -0.05) is 0 Å². The lowest BCUT2D eigenvalue weighted by atomic mass is 10.0. The van der Waals surface area contributed by atoms with Crippen molar-refractivity contribution in [2.45, 2.75) is 37.7 Å². The van der Waals surface area contributed by atoms with Gasteiger partial charge >= 0.3 is 0 Å². The third-order valence-corrected chi connectivity index (χ3v) is 1.78. The van der Waals surface area contributed by atoms with E-state index in [1.807, 2.05) is 0 Å². The van der Waals surface area contributed by atoms with Crippen LogP contribution in [0.25, 0.3) is 0 Å². The summed E-state index contributed by atoms with van der Waals surface area (Å²) < 4.78 is 17.2. The maximum atomic E-state index is 12.6. The van der Waals surface area contributed by atoms with Gasteiger partial charge in [0.25, 0.3) is 0 Å². The van der Waals surface area contributed by atoms with E-state index < -0.39 is 30.8 Å². The molecule has 0 aliphatic carbocycles. The Labute approximate surface area is 63.2 Å². The zero-order valence-corrected chi connectivity index (χ0v) is 6.01. The molecule has 5 atom stereocenters. The first-order valence-electron chi connectivity index (χ1n) is 3.37. The van der Waals surface area contributed by atoms with Crippen molar-refractivity contribution in [2.24, 2.45) is 0 Å². The quantitative estimate of drug-likeness (QED) is 0.422. The molecule has 0 radical (unpaired) electrons. The molecule has 11 heavy (non-hydrogen) atoms. The number of rotatable bonds is 0. The van der Waals surface area contributed by atoms with E-state index in [-0.39, 0.29) is 0 Å². The highest BCUT2D eigenvalue weighted by Gasteiger charge is 2.42. The number of ether oxygens (including phenoxy) is 1. The predicted octanol–water partition coefficient (Wildman–Crippen LogP) is -1.22. The van der Waals surface area contributed by atoms with E-state index in [1.54, 1.807) is 0 Å². The summed E-state index contributed by atoms with van der Waals surface area (Å²) in [6.07, 6.45) is -7.14. The molecule has 66 valence electrons. The van der Waals surface area contributed by atoms with E-state index in [1.165, 1.54) is 6.92 Å². The van der Waals surface area contributed by atoms with E-state index in [9.17, 15) is 4.39 Å². The zero-order chi connectivity index (χ0) is 8.59. The van der Waals surface area contributed by atoms with Crippen molar-refractivity contribution in [2.75, 3.05) is 0 Å². The Hall–Kier alpha value is -0.230. The van der Waals surface area contributed by atoms with Gasteiger partial charge in [-0.05, 0) is 6.92 Å². The Bertz CT molecular complexity index is 129. The van der Waals surface area contributed by atoms with Crippen LogP contribution in [0, 0.1) is 0 Å². The first kappa shape index (κ1) is 8.86. The van der Waals surface area contributed by atoms with Gasteiger partial charge in [0.05, 0.1) is 6.10 Å². The molecule has 3 N–H and O–H groups in total. The van der Waals surface area contributed by atoms with Crippen LogP contribution in [0.3, 0.4) is 0 Å². The number of hydrogen-bond acceptors (Lipinski definition) is 4. The molecule has 0 aromatic rings. The monoisotopic (exact) mass is 166 g/mol. The predicted molar refractivity (Wildman–Crippen MR) is 33.5 cm³/mol. The van der Waals surface area contributed by atoms with Crippen LogP contribution < -0.4 is 0 Å². The number of aliphatic hydroxyl groups excluding tert-OH is 3. The minimum atomic E-state index is -1.93. The summed E-state index contributed by atoms with van der Waals surface area (Å²) in [5.41, 5.74) is 0. The molecule has 1 aliphatic rings. The van der Waals surface area contributed by atoms with E-state index in [2.05, 4.69) is 4.74 Å². The van der Waals surface area contributed by atoms with Gasteiger partial charge in [-0.25, -0.2) is 4.39 Å². The van der Waals surface area contributed by atoms with E-state index >= 15 is 0 Å². The lowest BCUT2D eigenvalue weighted by molar-refractivity contribution is -0.261. The molecule has 1 fully saturated rings. The highest BCUT2D eigenvalue weighted by atomic mass is 19.1. The summed E-state index contributed by atoms with van der Waals surface area (Å²) in [6.45, 7) is 1.45. The van der Waals surface area contributed by atoms with Gasteiger partial charge in [0, 0.05) is 0 Å². The van der Waals surface area contributed by atoms with E-state index in [0.717, 1.165) is 0 Å². The molecule has 0 amide bonds. The van der Waals surface area contributed by atoms with Crippen LogP contribution in [0.1, 0.15) is 6.92 Å². The second-order valence-electron chi connectivity index (χ2n) is 2.66. The highest BCUT2D eigenvalue weighted by molar-refractivity contribution is 4.86. The van der Waals surface area contributed by atoms with E-state index in [4.69, 9.17) is 15.3 Å². The van der Waals surface area contributed by atoms with Gasteiger partial charge < -0.3 is 20.1 Å². The molecule has 1 saturated heterocycles. The summed E-state index contributed by atoms with van der Waals surface area (Å²) in [4.78, 5) is 0. The van der Waals surface area contributed by atoms with Crippen molar-refractivity contribution in [1.29, 1.82) is 0 Å². The minimum Gasteiger partial charge on any atom is -0.388 e. The Kier molecular flexibility index (Phi) is 2.43. The smallest absolute Gasteiger partial charge is 0.189 e. The van der Waals surface area contributed by atoms with Gasteiger partial charge in [0.15, 0.2) is 12.5 Å². The van der Waals surface area contributed by atoms with Crippen molar-refractivity contribution in [3.63, 3.8) is 0 Å². The first-order valence-corrected chi connectivity index (χ1v) is 3.37. The van der Waals surface area contributed by atoms with Crippen molar-refractivity contribution >= 4 is 0 Å². The van der Waals surface area contributed by atoms with Crippen LogP contribution in [0.2, 0.25) is 0 Å². The molecule has 0 unspecified atom stereocenters. The molecule has 1 heterocycles. The van der Waals surface area contributed by atoms with Crippen LogP contribution in [0.4, 0.5) is 4.39 Å². The topological polar surface area (TPSA) is 69.9 Å². The van der Waals surface area contributed by atoms with Crippen LogP contribution in [0.15, 0.2) is 0 Å². The highest BCUT2D eigenvalue weighted by Crippen LogP contribution is 2.21. The molecule has 5 heteroatoms. The molecule has 0 saturated carbocycles. The van der Waals surface area contributed by atoms with Gasteiger partial charge in [0.2, 0.25) is 0 Å². The van der Waals surface area contributed by atoms with Crippen molar-refractivity contribution in [3.05, 3.63) is 0 Å². The fourth-order valence-electron chi connectivity index (χ4n) is 1.01. The summed E-state index contributed by atoms with van der Waals surface area (Å²) in [6, 6.07) is 0. The fraction of sp³-hybridized carbons (Fsp3) is 1.00. The van der Waals surface area contributed by atoms with Gasteiger partial charge in [-0.15, -0.1) is 0 Å². The van der Waals surface area contributed by atoms with Gasteiger partial charge in [-0.3, -0.25) is 0 Å². The third kappa shape index (κ3) is 1.51. The summed E-state index contributed by atoms with van der Waals surface area (Å²) >= 11 is 0. The standard InChI is InChI=1S/C6H11FO4/c1-2-4(8)5(9)3(7)6(10)11-2/h2-6,8-10H,1H3/t2-,3-,4+,5-,6+/m1/s1. The number of hydrogen-bond donors (Lipinski definition) is 3. The fourth-order valence-corrected chi connectivity index (χ4v) is 1.01. The maximum Gasteiger partial charge on any atom is 0.189 e. The molecular formula is C6H11FO4. The van der Waals surface area contributed by atoms with E-state index in [0.29, 0.717) is 0 Å². The summed E-state index contributed by atoms with van der Waals surface area (Å²) in [5.74, 6) is 0. The second kappa shape index (κ2) is 3.02. The van der Waals surface area contributed by atoms with Crippen molar-refractivity contribution in [1.82, 2.24) is 0 Å². The van der Waals surface area contributed by atoms with Crippen LogP contribution in [0.5, 0.6) is 0 Å². The van der Waals surface area contributed by atoms with Crippen molar-refractivity contribution < 1.29 is 24.4 Å². The normalized spacial score (nSPS) is 52.6. The van der Waals surface area contributed by atoms with Crippen LogP contribution in [-0.4, -0.2) is 46.1 Å². The Morgan fingerprint density at radius 2 is 1.73 bits per heavy atom. The number of alkyl halides is 1. The molecule has 0 aromatic carbocycles. The number of halogens is 1. The average Bonchev–Trinajstić information content (AvgIpc) is 1.97. The molecule has 4 nitrogen and oxygen atoms in total. The lowest BCUT2D eigenvalue weighted by Gasteiger charge is -2.35. The summed E-state index contributed by atoms with van der Waals surface area (Å²) in [7, 11) is 0. The Morgan fingerprint density at radius 1 is 1.18 bits per heavy atom. The van der Waals surface area contributed by atoms with Crippen molar-refractivity contribution in [3.8, 4) is 0 Å². The third-order valence-electron chi connectivity index (χ3n) is 1.78. The summed E-state index contributed by atoms with van der Waals surface area (Å²) in [5, 5.41) is 26.7. The zero-order valence-electron chi connectivity index (χ0n) is 6.01. The van der Waals surface area contributed by atoms with Gasteiger partial charge in [0.1, 0.15) is 12.2 Å². The minimum absolute atomic E-state index is 0.744. The first-order chi connectivity index (χ1) is 5.04. The number of aliphatic hydroxyl groups is 3. The SMILES string of the molecule is C[C@H]1O[C@H](O)[C@H](F)[C@@H](O)[C@H]1O. The van der Waals surface area contributed by atoms with Gasteiger partial charge in [-0.2, -0.15) is 0 Å². The molecule has 1 rings (SSSR count). The van der Waals surface area contributed by atoms with Crippen LogP contribution >= 0.6 is 0 Å². The Morgan fingerprint density at radius 3 is 2.27 bits per heavy atom. The van der Waals surface area contributed by atoms with Crippen LogP contribution in [-0.2, 0) is 4.74 Å². The molecule has 1 aliphatic heterocycles. The largest absolute Gasteiger partial charge is 0.388 e. The molecule has 0 spiro atoms. The molecule has 0 bridgehead atoms. The lowest BCUT2D eigenvalue weighted by Crippen LogP contribution is -2.54.